The van der Waals surface area contributed by atoms with E-state index in [9.17, 15) is 8.42 Å². The maximum atomic E-state index is 12.5. The van der Waals surface area contributed by atoms with Crippen molar-refractivity contribution in [1.82, 2.24) is 10.3 Å². The molecule has 0 saturated carbocycles. The van der Waals surface area contributed by atoms with Crippen molar-refractivity contribution < 1.29 is 8.42 Å². The van der Waals surface area contributed by atoms with Gasteiger partial charge in [0.25, 0.3) is 10.0 Å². The van der Waals surface area contributed by atoms with Crippen LogP contribution in [-0.4, -0.2) is 19.9 Å². The van der Waals surface area contributed by atoms with Crippen LogP contribution in [0.3, 0.4) is 0 Å². The van der Waals surface area contributed by atoms with Gasteiger partial charge in [0.05, 0.1) is 5.69 Å². The molecule has 0 aromatic carbocycles. The molecule has 0 fully saturated rings. The fourth-order valence-electron chi connectivity index (χ4n) is 1.83. The summed E-state index contributed by atoms with van der Waals surface area (Å²) in [6.07, 6.45) is 3.11. The second-order valence-electron chi connectivity index (χ2n) is 4.29. The van der Waals surface area contributed by atoms with E-state index >= 15 is 0 Å². The number of hydrogen-bond donors (Lipinski definition) is 2. The summed E-state index contributed by atoms with van der Waals surface area (Å²) in [5.41, 5.74) is 1.28. The van der Waals surface area contributed by atoms with Gasteiger partial charge in [-0.2, -0.15) is 0 Å². The van der Waals surface area contributed by atoms with Crippen molar-refractivity contribution in [3.8, 4) is 0 Å². The van der Waals surface area contributed by atoms with Crippen LogP contribution in [0.5, 0.6) is 0 Å². The van der Waals surface area contributed by atoms with E-state index in [1.54, 1.807) is 24.5 Å². The number of nitrogens with one attached hydrogen (secondary N) is 2. The SMILES string of the molecule is CCNCc1scc(C)c1S(=O)(=O)Nc1ccncc1. The summed E-state index contributed by atoms with van der Waals surface area (Å²) in [4.78, 5) is 5.07. The fourth-order valence-corrected chi connectivity index (χ4v) is 4.68. The summed E-state index contributed by atoms with van der Waals surface area (Å²) in [5, 5.41) is 5.03. The summed E-state index contributed by atoms with van der Waals surface area (Å²) in [6.45, 7) is 5.16. The minimum atomic E-state index is -3.57. The van der Waals surface area contributed by atoms with Gasteiger partial charge in [-0.25, -0.2) is 8.42 Å². The number of rotatable bonds is 6. The van der Waals surface area contributed by atoms with Crippen LogP contribution >= 0.6 is 11.3 Å². The Morgan fingerprint density at radius 2 is 2.00 bits per heavy atom. The molecule has 0 saturated heterocycles. The summed E-state index contributed by atoms with van der Waals surface area (Å²) in [7, 11) is -3.57. The van der Waals surface area contributed by atoms with E-state index in [0.29, 0.717) is 17.1 Å². The number of sulfonamides is 1. The molecule has 2 aromatic heterocycles. The van der Waals surface area contributed by atoms with E-state index in [-0.39, 0.29) is 0 Å². The molecule has 2 heterocycles. The van der Waals surface area contributed by atoms with Crippen molar-refractivity contribution in [2.45, 2.75) is 25.3 Å². The summed E-state index contributed by atoms with van der Waals surface area (Å²) < 4.78 is 27.6. The Morgan fingerprint density at radius 1 is 1.30 bits per heavy atom. The number of aromatic nitrogens is 1. The Kier molecular flexibility index (Phi) is 4.74. The van der Waals surface area contributed by atoms with Crippen LogP contribution in [-0.2, 0) is 16.6 Å². The molecule has 0 spiro atoms. The van der Waals surface area contributed by atoms with Crippen molar-refractivity contribution in [2.24, 2.45) is 0 Å². The lowest BCUT2D eigenvalue weighted by molar-refractivity contribution is 0.599. The lowest BCUT2D eigenvalue weighted by atomic mass is 10.3. The van der Waals surface area contributed by atoms with Gasteiger partial charge in [-0.3, -0.25) is 9.71 Å². The molecule has 0 amide bonds. The second-order valence-corrected chi connectivity index (χ2v) is 6.88. The van der Waals surface area contributed by atoms with Crippen LogP contribution in [0.1, 0.15) is 17.4 Å². The number of nitrogens with zero attached hydrogens (tertiary/aromatic N) is 1. The van der Waals surface area contributed by atoms with Gasteiger partial charge in [-0.1, -0.05) is 6.92 Å². The van der Waals surface area contributed by atoms with Gasteiger partial charge in [0.15, 0.2) is 0 Å². The van der Waals surface area contributed by atoms with Crippen molar-refractivity contribution in [2.75, 3.05) is 11.3 Å². The normalized spacial score (nSPS) is 11.5. The average molecular weight is 311 g/mol. The summed E-state index contributed by atoms with van der Waals surface area (Å²) in [6, 6.07) is 3.26. The van der Waals surface area contributed by atoms with Crippen LogP contribution in [0, 0.1) is 6.92 Å². The van der Waals surface area contributed by atoms with Crippen LogP contribution in [0.4, 0.5) is 5.69 Å². The molecule has 108 valence electrons. The molecule has 0 aliphatic carbocycles. The van der Waals surface area contributed by atoms with Crippen molar-refractivity contribution in [1.29, 1.82) is 0 Å². The minimum absolute atomic E-state index is 0.375. The molecule has 0 aliphatic rings. The van der Waals surface area contributed by atoms with Crippen LogP contribution < -0.4 is 10.0 Å². The van der Waals surface area contributed by atoms with E-state index in [1.807, 2.05) is 19.2 Å². The molecule has 0 aliphatic heterocycles. The van der Waals surface area contributed by atoms with E-state index in [1.165, 1.54) is 11.3 Å². The Hall–Kier alpha value is -1.44. The number of thiophene rings is 1. The van der Waals surface area contributed by atoms with Crippen LogP contribution in [0.15, 0.2) is 34.8 Å². The maximum absolute atomic E-state index is 12.5. The number of hydrogen-bond acceptors (Lipinski definition) is 5. The minimum Gasteiger partial charge on any atom is -0.312 e. The zero-order valence-corrected chi connectivity index (χ0v) is 13.0. The van der Waals surface area contributed by atoms with E-state index in [0.717, 1.165) is 17.0 Å². The first-order valence-corrected chi connectivity index (χ1v) is 8.61. The third kappa shape index (κ3) is 3.36. The van der Waals surface area contributed by atoms with Gasteiger partial charge in [0.1, 0.15) is 4.90 Å². The summed E-state index contributed by atoms with van der Waals surface area (Å²) >= 11 is 1.46. The van der Waals surface area contributed by atoms with Crippen molar-refractivity contribution >= 4 is 27.0 Å². The Labute approximate surface area is 123 Å². The van der Waals surface area contributed by atoms with Crippen molar-refractivity contribution in [3.05, 3.63) is 40.3 Å². The van der Waals surface area contributed by atoms with E-state index in [4.69, 9.17) is 0 Å². The predicted molar refractivity (Wildman–Crippen MR) is 81.5 cm³/mol. The van der Waals surface area contributed by atoms with E-state index < -0.39 is 10.0 Å². The summed E-state index contributed by atoms with van der Waals surface area (Å²) in [5.74, 6) is 0. The van der Waals surface area contributed by atoms with Crippen LogP contribution in [0.2, 0.25) is 0 Å². The third-order valence-corrected chi connectivity index (χ3v) is 5.57. The largest absolute Gasteiger partial charge is 0.312 e. The Bertz CT molecular complexity index is 666. The average Bonchev–Trinajstić information content (AvgIpc) is 2.79. The molecule has 0 radical (unpaired) electrons. The molecule has 2 rings (SSSR count). The van der Waals surface area contributed by atoms with Gasteiger partial charge in [-0.05, 0) is 36.5 Å². The van der Waals surface area contributed by atoms with Crippen molar-refractivity contribution in [3.63, 3.8) is 0 Å². The number of anilines is 1. The standard InChI is InChI=1S/C13H17N3O2S2/c1-3-14-8-12-13(10(2)9-19-12)20(17,18)16-11-4-6-15-7-5-11/h4-7,9,14H,3,8H2,1-2H3,(H,15,16). The van der Waals surface area contributed by atoms with Gasteiger partial charge in [-0.15, -0.1) is 11.3 Å². The lowest BCUT2D eigenvalue weighted by Crippen LogP contribution is -2.18. The highest BCUT2D eigenvalue weighted by Gasteiger charge is 2.22. The highest BCUT2D eigenvalue weighted by Crippen LogP contribution is 2.28. The zero-order valence-electron chi connectivity index (χ0n) is 11.4. The monoisotopic (exact) mass is 311 g/mol. The predicted octanol–water partition coefficient (Wildman–Crippen LogP) is 2.36. The Balaban J connectivity index is 2.32. The van der Waals surface area contributed by atoms with Gasteiger partial charge >= 0.3 is 0 Å². The Morgan fingerprint density at radius 3 is 2.65 bits per heavy atom. The van der Waals surface area contributed by atoms with E-state index in [2.05, 4.69) is 15.0 Å². The maximum Gasteiger partial charge on any atom is 0.263 e. The molecule has 0 atom stereocenters. The molecule has 0 unspecified atom stereocenters. The topological polar surface area (TPSA) is 71.1 Å². The molecule has 7 heteroatoms. The first-order valence-electron chi connectivity index (χ1n) is 6.25. The lowest BCUT2D eigenvalue weighted by Gasteiger charge is -2.10. The highest BCUT2D eigenvalue weighted by atomic mass is 32.2. The van der Waals surface area contributed by atoms with Gasteiger partial charge in [0, 0.05) is 23.8 Å². The smallest absolute Gasteiger partial charge is 0.263 e. The zero-order chi connectivity index (χ0) is 14.6. The molecule has 5 nitrogen and oxygen atoms in total. The third-order valence-electron chi connectivity index (χ3n) is 2.73. The molecular weight excluding hydrogens is 294 g/mol. The molecule has 20 heavy (non-hydrogen) atoms. The van der Waals surface area contributed by atoms with Gasteiger partial charge in [0.2, 0.25) is 0 Å². The molecule has 2 aromatic rings. The van der Waals surface area contributed by atoms with Gasteiger partial charge < -0.3 is 5.32 Å². The number of aryl methyl sites for hydroxylation is 1. The fraction of sp³-hybridized carbons (Fsp3) is 0.308. The highest BCUT2D eigenvalue weighted by molar-refractivity contribution is 7.93. The molecule has 0 bridgehead atoms. The number of pyridine rings is 1. The van der Waals surface area contributed by atoms with Crippen LogP contribution in [0.25, 0.3) is 0 Å². The quantitative estimate of drug-likeness (QED) is 0.859. The first kappa shape index (κ1) is 15.0. The first-order chi connectivity index (χ1) is 9.54. The molecular formula is C13H17N3O2S2. The molecule has 2 N–H and O–H groups in total. The second kappa shape index (κ2) is 6.34.